The molecule has 0 fully saturated rings. The normalized spacial score (nSPS) is 11.0. The number of halogens is 1. The predicted octanol–water partition coefficient (Wildman–Crippen LogP) is 6.17. The molecule has 0 unspecified atom stereocenters. The Kier molecular flexibility index (Phi) is 6.55. The third-order valence-electron chi connectivity index (χ3n) is 5.78. The average Bonchev–Trinajstić information content (AvgIpc) is 3.29. The van der Waals surface area contributed by atoms with E-state index in [9.17, 15) is 0 Å². The minimum absolute atomic E-state index is 0.426. The van der Waals surface area contributed by atoms with Gasteiger partial charge in [-0.1, -0.05) is 42.5 Å². The zero-order valence-corrected chi connectivity index (χ0v) is 20.1. The summed E-state index contributed by atoms with van der Waals surface area (Å²) in [6, 6.07) is 24.1. The van der Waals surface area contributed by atoms with Crippen LogP contribution >= 0.6 is 11.6 Å². The van der Waals surface area contributed by atoms with Crippen molar-refractivity contribution < 1.29 is 9.47 Å². The van der Waals surface area contributed by atoms with Crippen molar-refractivity contribution in [1.29, 1.82) is 0 Å². The molecule has 0 saturated heterocycles. The lowest BCUT2D eigenvalue weighted by molar-refractivity contribution is 0.304. The number of hydrogen-bond donors (Lipinski definition) is 1. The van der Waals surface area contributed by atoms with Crippen LogP contribution in [0.5, 0.6) is 11.5 Å². The van der Waals surface area contributed by atoms with Gasteiger partial charge in [0.05, 0.1) is 17.0 Å². The summed E-state index contributed by atoms with van der Waals surface area (Å²) in [5, 5.41) is 0.803. The first kappa shape index (κ1) is 22.7. The number of nitrogens with zero attached hydrogens (tertiary/aromatic N) is 3. The average molecular weight is 485 g/mol. The summed E-state index contributed by atoms with van der Waals surface area (Å²) < 4.78 is 13.8. The first-order valence-electron chi connectivity index (χ1n) is 11.3. The molecule has 6 nitrogen and oxygen atoms in total. The van der Waals surface area contributed by atoms with Gasteiger partial charge in [-0.2, -0.15) is 0 Å². The molecule has 0 atom stereocenters. The summed E-state index contributed by atoms with van der Waals surface area (Å²) in [6.07, 6.45) is 3.52. The van der Waals surface area contributed by atoms with Crippen molar-refractivity contribution in [2.45, 2.75) is 13.5 Å². The molecule has 0 radical (unpaired) electrons. The highest BCUT2D eigenvalue weighted by molar-refractivity contribution is 6.18. The molecule has 35 heavy (non-hydrogen) atoms. The molecule has 0 aliphatic heterocycles. The molecule has 0 saturated carbocycles. The van der Waals surface area contributed by atoms with Gasteiger partial charge >= 0.3 is 0 Å². The maximum Gasteiger partial charge on any atom is 0.150 e. The highest BCUT2D eigenvalue weighted by Crippen LogP contribution is 2.36. The van der Waals surface area contributed by atoms with Gasteiger partial charge in [0, 0.05) is 17.8 Å². The summed E-state index contributed by atoms with van der Waals surface area (Å²) in [5.41, 5.74) is 12.1. The van der Waals surface area contributed by atoms with E-state index in [1.165, 1.54) is 6.33 Å². The largest absolute Gasteiger partial charge is 0.492 e. The van der Waals surface area contributed by atoms with Gasteiger partial charge in [0.2, 0.25) is 0 Å². The van der Waals surface area contributed by atoms with Crippen molar-refractivity contribution in [1.82, 2.24) is 14.5 Å². The molecule has 0 aliphatic rings. The monoisotopic (exact) mass is 484 g/mol. The maximum absolute atomic E-state index is 6.33. The van der Waals surface area contributed by atoms with E-state index in [-0.39, 0.29) is 0 Å². The molecule has 2 aromatic heterocycles. The Morgan fingerprint density at radius 2 is 1.80 bits per heavy atom. The van der Waals surface area contributed by atoms with Crippen LogP contribution in [0.4, 0.5) is 5.82 Å². The summed E-state index contributed by atoms with van der Waals surface area (Å²) in [5.74, 6) is 2.44. The molecule has 2 N–H and O–H groups in total. The first-order valence-corrected chi connectivity index (χ1v) is 11.9. The Morgan fingerprint density at radius 1 is 0.943 bits per heavy atom. The fourth-order valence-electron chi connectivity index (χ4n) is 4.09. The zero-order chi connectivity index (χ0) is 24.2. The number of anilines is 1. The van der Waals surface area contributed by atoms with E-state index >= 15 is 0 Å². The van der Waals surface area contributed by atoms with E-state index in [0.29, 0.717) is 24.9 Å². The van der Waals surface area contributed by atoms with Gasteiger partial charge in [0.1, 0.15) is 36.9 Å². The maximum atomic E-state index is 6.33. The van der Waals surface area contributed by atoms with E-state index in [0.717, 1.165) is 50.5 Å². The van der Waals surface area contributed by atoms with Crippen molar-refractivity contribution in [2.24, 2.45) is 0 Å². The van der Waals surface area contributed by atoms with Crippen LogP contribution in [0.15, 0.2) is 85.3 Å². The number of alkyl halides is 1. The fourth-order valence-corrected chi connectivity index (χ4v) is 4.17. The highest BCUT2D eigenvalue weighted by Gasteiger charge is 2.17. The SMILES string of the molecule is Cc1cc(-c2cn(-c3cccc(OCCCl)c3)c3ncnc(N)c23)ccc1OCc1ccccc1. The van der Waals surface area contributed by atoms with Crippen LogP contribution in [0.1, 0.15) is 11.1 Å². The number of ether oxygens (including phenoxy) is 2. The molecule has 0 bridgehead atoms. The lowest BCUT2D eigenvalue weighted by Gasteiger charge is -2.11. The smallest absolute Gasteiger partial charge is 0.150 e. The summed E-state index contributed by atoms with van der Waals surface area (Å²) in [4.78, 5) is 8.80. The molecule has 5 rings (SSSR count). The minimum Gasteiger partial charge on any atom is -0.492 e. The van der Waals surface area contributed by atoms with Crippen molar-refractivity contribution in [3.8, 4) is 28.3 Å². The van der Waals surface area contributed by atoms with Crippen molar-refractivity contribution >= 4 is 28.5 Å². The Hall–Kier alpha value is -4.03. The van der Waals surface area contributed by atoms with Gasteiger partial charge in [-0.15, -0.1) is 11.6 Å². The van der Waals surface area contributed by atoms with Gasteiger partial charge in [0.15, 0.2) is 5.65 Å². The van der Waals surface area contributed by atoms with Crippen LogP contribution in [-0.4, -0.2) is 27.0 Å². The topological polar surface area (TPSA) is 75.2 Å². The highest BCUT2D eigenvalue weighted by atomic mass is 35.5. The molecule has 0 aliphatic carbocycles. The van der Waals surface area contributed by atoms with Gasteiger partial charge in [-0.3, -0.25) is 0 Å². The summed E-state index contributed by atoms with van der Waals surface area (Å²) in [6.45, 7) is 3.00. The lowest BCUT2D eigenvalue weighted by Crippen LogP contribution is -2.00. The Morgan fingerprint density at radius 3 is 2.60 bits per heavy atom. The standard InChI is InChI=1S/C28H25ClN4O2/c1-19-14-21(10-11-25(19)35-17-20-6-3-2-4-7-20)24-16-33(28-26(24)27(30)31-18-32-28)22-8-5-9-23(15-22)34-13-12-29/h2-11,14-16,18H,12-13,17H2,1H3,(H2,30,31,32). The fraction of sp³-hybridized carbons (Fsp3) is 0.143. The van der Waals surface area contributed by atoms with Gasteiger partial charge in [-0.25, -0.2) is 9.97 Å². The molecule has 5 aromatic rings. The number of aromatic nitrogens is 3. The number of nitrogen functional groups attached to an aromatic ring is 1. The van der Waals surface area contributed by atoms with Crippen LogP contribution in [0, 0.1) is 6.92 Å². The lowest BCUT2D eigenvalue weighted by atomic mass is 10.0. The molecule has 3 aromatic carbocycles. The van der Waals surface area contributed by atoms with E-state index in [2.05, 4.69) is 28.2 Å². The van der Waals surface area contributed by atoms with Gasteiger partial charge < -0.3 is 19.8 Å². The number of aryl methyl sites for hydroxylation is 1. The van der Waals surface area contributed by atoms with E-state index in [4.69, 9.17) is 26.8 Å². The van der Waals surface area contributed by atoms with Crippen LogP contribution in [-0.2, 0) is 6.61 Å². The molecule has 176 valence electrons. The number of rotatable bonds is 8. The molecular weight excluding hydrogens is 460 g/mol. The Bertz CT molecular complexity index is 1470. The summed E-state index contributed by atoms with van der Waals surface area (Å²) in [7, 11) is 0. The summed E-state index contributed by atoms with van der Waals surface area (Å²) >= 11 is 5.78. The third kappa shape index (κ3) is 4.79. The number of benzene rings is 3. The molecule has 0 spiro atoms. The second-order valence-electron chi connectivity index (χ2n) is 8.16. The number of hydrogen-bond acceptors (Lipinski definition) is 5. The van der Waals surface area contributed by atoms with Crippen molar-refractivity contribution in [3.63, 3.8) is 0 Å². The van der Waals surface area contributed by atoms with E-state index < -0.39 is 0 Å². The van der Waals surface area contributed by atoms with Crippen molar-refractivity contribution in [3.05, 3.63) is 96.4 Å². The molecular formula is C28H25ClN4O2. The van der Waals surface area contributed by atoms with Gasteiger partial charge in [0.25, 0.3) is 0 Å². The Balaban J connectivity index is 1.52. The zero-order valence-electron chi connectivity index (χ0n) is 19.3. The molecule has 0 amide bonds. The van der Waals surface area contributed by atoms with E-state index in [1.807, 2.05) is 72.3 Å². The minimum atomic E-state index is 0.426. The second-order valence-corrected chi connectivity index (χ2v) is 8.54. The number of nitrogens with two attached hydrogens (primary N) is 1. The van der Waals surface area contributed by atoms with Crippen LogP contribution in [0.25, 0.3) is 27.8 Å². The molecule has 7 heteroatoms. The van der Waals surface area contributed by atoms with Crippen LogP contribution in [0.2, 0.25) is 0 Å². The van der Waals surface area contributed by atoms with Crippen LogP contribution in [0.3, 0.4) is 0 Å². The Labute approximate surface area is 208 Å². The predicted molar refractivity (Wildman–Crippen MR) is 140 cm³/mol. The van der Waals surface area contributed by atoms with Crippen molar-refractivity contribution in [2.75, 3.05) is 18.2 Å². The quantitative estimate of drug-likeness (QED) is 0.266. The van der Waals surface area contributed by atoms with Crippen LogP contribution < -0.4 is 15.2 Å². The third-order valence-corrected chi connectivity index (χ3v) is 5.93. The second kappa shape index (κ2) is 10.1. The number of fused-ring (bicyclic) bond motifs is 1. The molecule has 2 heterocycles. The van der Waals surface area contributed by atoms with E-state index in [1.54, 1.807) is 0 Å². The first-order chi connectivity index (χ1) is 17.1. The van der Waals surface area contributed by atoms with Gasteiger partial charge in [-0.05, 0) is 47.9 Å².